The number of imidazole rings is 1. The summed E-state index contributed by atoms with van der Waals surface area (Å²) in [5, 5.41) is 3.44. The van der Waals surface area contributed by atoms with Crippen LogP contribution in [0.25, 0.3) is 0 Å². The minimum absolute atomic E-state index is 0.00892. The molecule has 0 atom stereocenters. The zero-order valence-electron chi connectivity index (χ0n) is 10.9. The summed E-state index contributed by atoms with van der Waals surface area (Å²) >= 11 is 11.2. The number of rotatable bonds is 6. The van der Waals surface area contributed by atoms with Crippen molar-refractivity contribution >= 4 is 29.1 Å². The number of hydrogen-bond donors (Lipinski definition) is 1. The number of nitrogens with one attached hydrogen (secondary N) is 1. The number of amides is 1. The lowest BCUT2D eigenvalue weighted by Gasteiger charge is -2.02. The summed E-state index contributed by atoms with van der Waals surface area (Å²) in [5.41, 5.74) is 2.10. The lowest BCUT2D eigenvalue weighted by Crippen LogP contribution is -2.26. The summed E-state index contributed by atoms with van der Waals surface area (Å²) in [5.74, 6) is -0.169. The molecule has 4 nitrogen and oxygen atoms in total. The topological polar surface area (TPSA) is 46.9 Å². The maximum absolute atomic E-state index is 11.0. The van der Waals surface area contributed by atoms with Crippen molar-refractivity contribution in [1.82, 2.24) is 14.9 Å². The normalized spacial score (nSPS) is 10.5. The molecule has 2 rings (SSSR count). The summed E-state index contributed by atoms with van der Waals surface area (Å²) in [4.78, 5) is 15.3. The lowest BCUT2D eigenvalue weighted by molar-refractivity contribution is -0.118. The van der Waals surface area contributed by atoms with E-state index < -0.39 is 0 Å². The first kappa shape index (κ1) is 14.9. The smallest absolute Gasteiger partial charge is 0.234 e. The van der Waals surface area contributed by atoms with Gasteiger partial charge in [-0.25, -0.2) is 4.98 Å². The highest BCUT2D eigenvalue weighted by Gasteiger charge is 2.02. The highest BCUT2D eigenvalue weighted by molar-refractivity contribution is 6.30. The molecule has 1 amide bonds. The molecule has 0 saturated carbocycles. The van der Waals surface area contributed by atoms with Crippen molar-refractivity contribution in [3.8, 4) is 0 Å². The molecule has 6 heteroatoms. The van der Waals surface area contributed by atoms with Gasteiger partial charge in [0.1, 0.15) is 5.88 Å². The van der Waals surface area contributed by atoms with Crippen molar-refractivity contribution in [2.45, 2.75) is 13.0 Å². The van der Waals surface area contributed by atoms with Crippen LogP contribution in [0.15, 0.2) is 36.8 Å². The Morgan fingerprint density at radius 3 is 2.75 bits per heavy atom. The molecule has 106 valence electrons. The van der Waals surface area contributed by atoms with Gasteiger partial charge in [0.15, 0.2) is 0 Å². The second-order valence-electron chi connectivity index (χ2n) is 4.40. The molecule has 0 aliphatic rings. The van der Waals surface area contributed by atoms with E-state index in [1.165, 1.54) is 0 Å². The number of aromatic nitrogens is 2. The Hall–Kier alpha value is -1.52. The van der Waals surface area contributed by atoms with Crippen molar-refractivity contribution in [1.29, 1.82) is 0 Å². The van der Waals surface area contributed by atoms with Crippen LogP contribution in [0.3, 0.4) is 0 Å². The molecule has 0 fully saturated rings. The Morgan fingerprint density at radius 2 is 2.05 bits per heavy atom. The Kier molecular flexibility index (Phi) is 5.44. The quantitative estimate of drug-likeness (QED) is 0.833. The van der Waals surface area contributed by atoms with Gasteiger partial charge in [-0.1, -0.05) is 23.7 Å². The van der Waals surface area contributed by atoms with Gasteiger partial charge in [0, 0.05) is 30.7 Å². The van der Waals surface area contributed by atoms with Gasteiger partial charge in [-0.2, -0.15) is 0 Å². The maximum Gasteiger partial charge on any atom is 0.234 e. The van der Waals surface area contributed by atoms with Crippen molar-refractivity contribution in [3.05, 3.63) is 53.1 Å². The monoisotopic (exact) mass is 311 g/mol. The molecular formula is C14H15Cl2N3O. The molecule has 1 aromatic heterocycles. The van der Waals surface area contributed by atoms with Crippen LogP contribution >= 0.6 is 23.2 Å². The van der Waals surface area contributed by atoms with E-state index in [4.69, 9.17) is 23.2 Å². The summed E-state index contributed by atoms with van der Waals surface area (Å²) in [6.07, 6.45) is 4.45. The van der Waals surface area contributed by atoms with Crippen LogP contribution in [0.1, 0.15) is 11.3 Å². The van der Waals surface area contributed by atoms with Gasteiger partial charge >= 0.3 is 0 Å². The van der Waals surface area contributed by atoms with Crippen molar-refractivity contribution in [3.63, 3.8) is 0 Å². The number of nitrogens with zero attached hydrogens (tertiary/aromatic N) is 2. The van der Waals surface area contributed by atoms with Crippen LogP contribution in [-0.4, -0.2) is 27.9 Å². The fourth-order valence-corrected chi connectivity index (χ4v) is 2.02. The van der Waals surface area contributed by atoms with Gasteiger partial charge in [-0.15, -0.1) is 11.6 Å². The average molecular weight is 312 g/mol. The standard InChI is InChI=1S/C14H15Cl2N3O/c15-7-14(20)17-6-5-13-9-19(10-18-13)8-11-1-3-12(16)4-2-11/h1-4,9-10H,5-8H2,(H,17,20). The minimum atomic E-state index is -0.160. The summed E-state index contributed by atoms with van der Waals surface area (Å²) in [7, 11) is 0. The third kappa shape index (κ3) is 4.54. The Balaban J connectivity index is 1.85. The Bertz CT molecular complexity index is 566. The second kappa shape index (κ2) is 7.31. The molecule has 0 aliphatic carbocycles. The summed E-state index contributed by atoms with van der Waals surface area (Å²) < 4.78 is 2.00. The molecule has 20 heavy (non-hydrogen) atoms. The van der Waals surface area contributed by atoms with E-state index in [0.29, 0.717) is 13.0 Å². The van der Waals surface area contributed by atoms with E-state index >= 15 is 0 Å². The third-order valence-corrected chi connectivity index (χ3v) is 3.28. The Labute approximate surface area is 127 Å². The van der Waals surface area contributed by atoms with Crippen molar-refractivity contribution in [2.24, 2.45) is 0 Å². The highest BCUT2D eigenvalue weighted by Crippen LogP contribution is 2.11. The first-order valence-electron chi connectivity index (χ1n) is 6.25. The van der Waals surface area contributed by atoms with E-state index in [2.05, 4.69) is 10.3 Å². The van der Waals surface area contributed by atoms with Gasteiger partial charge in [-0.3, -0.25) is 4.79 Å². The number of halogens is 2. The summed E-state index contributed by atoms with van der Waals surface area (Å²) in [6.45, 7) is 1.29. The molecule has 0 aliphatic heterocycles. The number of carbonyl (C=O) groups is 1. The fourth-order valence-electron chi connectivity index (χ4n) is 1.80. The third-order valence-electron chi connectivity index (χ3n) is 2.79. The highest BCUT2D eigenvalue weighted by atomic mass is 35.5. The number of benzene rings is 1. The minimum Gasteiger partial charge on any atom is -0.355 e. The van der Waals surface area contributed by atoms with E-state index in [1.807, 2.05) is 35.0 Å². The van der Waals surface area contributed by atoms with E-state index in [0.717, 1.165) is 22.8 Å². The first-order chi connectivity index (χ1) is 9.67. The molecule has 0 radical (unpaired) electrons. The molecule has 0 bridgehead atoms. The van der Waals surface area contributed by atoms with Crippen LogP contribution in [0.2, 0.25) is 5.02 Å². The Morgan fingerprint density at radius 1 is 1.30 bits per heavy atom. The number of carbonyl (C=O) groups excluding carboxylic acids is 1. The van der Waals surface area contributed by atoms with Crippen molar-refractivity contribution in [2.75, 3.05) is 12.4 Å². The lowest BCUT2D eigenvalue weighted by atomic mass is 10.2. The van der Waals surface area contributed by atoms with E-state index in [1.54, 1.807) is 6.33 Å². The van der Waals surface area contributed by atoms with Crippen LogP contribution < -0.4 is 5.32 Å². The predicted octanol–water partition coefficient (Wildman–Crippen LogP) is 2.48. The van der Waals surface area contributed by atoms with Gasteiger partial charge < -0.3 is 9.88 Å². The van der Waals surface area contributed by atoms with Crippen LogP contribution in [-0.2, 0) is 17.8 Å². The zero-order chi connectivity index (χ0) is 14.4. The zero-order valence-corrected chi connectivity index (χ0v) is 12.4. The molecule has 1 N–H and O–H groups in total. The maximum atomic E-state index is 11.0. The number of alkyl halides is 1. The molecular weight excluding hydrogens is 297 g/mol. The molecule has 0 spiro atoms. The summed E-state index contributed by atoms with van der Waals surface area (Å²) in [6, 6.07) is 7.72. The van der Waals surface area contributed by atoms with Crippen LogP contribution in [0.4, 0.5) is 0 Å². The molecule has 1 aromatic carbocycles. The molecule has 0 unspecified atom stereocenters. The fraction of sp³-hybridized carbons (Fsp3) is 0.286. The first-order valence-corrected chi connectivity index (χ1v) is 7.16. The average Bonchev–Trinajstić information content (AvgIpc) is 2.89. The number of hydrogen-bond acceptors (Lipinski definition) is 2. The van der Waals surface area contributed by atoms with Gasteiger partial charge in [0.2, 0.25) is 5.91 Å². The van der Waals surface area contributed by atoms with Gasteiger partial charge in [0.05, 0.1) is 12.0 Å². The van der Waals surface area contributed by atoms with Crippen LogP contribution in [0, 0.1) is 0 Å². The van der Waals surface area contributed by atoms with Crippen LogP contribution in [0.5, 0.6) is 0 Å². The van der Waals surface area contributed by atoms with E-state index in [-0.39, 0.29) is 11.8 Å². The SMILES string of the molecule is O=C(CCl)NCCc1cn(Cc2ccc(Cl)cc2)cn1. The van der Waals surface area contributed by atoms with E-state index in [9.17, 15) is 4.79 Å². The molecule has 0 saturated heterocycles. The van der Waals surface area contributed by atoms with Gasteiger partial charge in [0.25, 0.3) is 0 Å². The largest absolute Gasteiger partial charge is 0.355 e. The molecule has 2 aromatic rings. The predicted molar refractivity (Wildman–Crippen MR) is 80.2 cm³/mol. The van der Waals surface area contributed by atoms with Crippen molar-refractivity contribution < 1.29 is 4.79 Å². The molecule has 1 heterocycles. The second-order valence-corrected chi connectivity index (χ2v) is 5.10. The van der Waals surface area contributed by atoms with Gasteiger partial charge in [-0.05, 0) is 17.7 Å².